The Morgan fingerprint density at radius 3 is 1.61 bits per heavy atom. The van der Waals surface area contributed by atoms with E-state index in [0.29, 0.717) is 17.2 Å². The van der Waals surface area contributed by atoms with Crippen LogP contribution in [0, 0.1) is 88.3 Å². The van der Waals surface area contributed by atoms with E-state index in [1.165, 1.54) is 42.4 Å². The zero-order valence-corrected chi connectivity index (χ0v) is 98.3. The van der Waals surface area contributed by atoms with Crippen molar-refractivity contribution in [2.75, 3.05) is 59.3 Å². The van der Waals surface area contributed by atoms with Crippen LogP contribution < -0.4 is 24.0 Å². The van der Waals surface area contributed by atoms with Crippen molar-refractivity contribution in [2.45, 2.75) is 34.3 Å². The molecule has 0 aliphatic carbocycles. The second-order valence-corrected chi connectivity index (χ2v) is 35.5. The number of rotatable bonds is 19. The fourth-order valence-electron chi connectivity index (χ4n) is 15.5. The van der Waals surface area contributed by atoms with E-state index in [0.717, 1.165) is 148 Å². The van der Waals surface area contributed by atoms with Crippen molar-refractivity contribution < 1.29 is 133 Å². The molecule has 5 radical (unpaired) electrons. The number of aryl methyl sites for hydroxylation is 10. The number of hydrogen-bond acceptors (Lipinski definition) is 17. The van der Waals surface area contributed by atoms with E-state index in [-0.39, 0.29) is 113 Å². The number of furan rings is 1. The molecule has 22 nitrogen and oxygen atoms in total. The van der Waals surface area contributed by atoms with E-state index in [1.807, 2.05) is 311 Å². The number of thiophene rings is 2. The van der Waals surface area contributed by atoms with Gasteiger partial charge in [0, 0.05) is 276 Å². The van der Waals surface area contributed by atoms with E-state index in [4.69, 9.17) is 18.6 Å². The van der Waals surface area contributed by atoms with Crippen LogP contribution in [0.4, 0.5) is 20.2 Å². The summed E-state index contributed by atoms with van der Waals surface area (Å²) in [5.41, 5.74) is 25.3. The maximum Gasteiger partial charge on any atom is 0.118 e. The molecular formula is C117H109F2Ir5N17O5S2-8. The molecule has 0 amide bonds. The minimum Gasteiger partial charge on any atom is -0.557 e. The van der Waals surface area contributed by atoms with Gasteiger partial charge in [-0.15, -0.1) is 95.2 Å². The minimum absolute atomic E-state index is 0. The van der Waals surface area contributed by atoms with Gasteiger partial charge in [0.1, 0.15) is 5.75 Å². The van der Waals surface area contributed by atoms with Crippen molar-refractivity contribution in [3.05, 3.63) is 404 Å². The largest absolute Gasteiger partial charge is 0.557 e. The smallest absolute Gasteiger partial charge is 0.118 e. The predicted molar refractivity (Wildman–Crippen MR) is 569 cm³/mol. The van der Waals surface area contributed by atoms with Crippen LogP contribution in [0.5, 0.6) is 17.2 Å². The zero-order chi connectivity index (χ0) is 101. The van der Waals surface area contributed by atoms with Gasteiger partial charge in [0.25, 0.3) is 0 Å². The van der Waals surface area contributed by atoms with Gasteiger partial charge in [0.05, 0.1) is 51.6 Å². The number of halogens is 2. The molecule has 1 N–H and O–H groups in total. The number of nitrogens with zero attached hydrogens (tertiary/aromatic N) is 17. The summed E-state index contributed by atoms with van der Waals surface area (Å²) in [7, 11) is 26.4. The summed E-state index contributed by atoms with van der Waals surface area (Å²) in [6.45, 7) is 8.36. The average Bonchev–Trinajstić information content (AvgIpc) is 1.63. The first-order valence-electron chi connectivity index (χ1n) is 45.6. The van der Waals surface area contributed by atoms with Crippen LogP contribution >= 0.6 is 22.7 Å². The molecule has 0 unspecified atom stereocenters. The molecule has 0 saturated carbocycles. The van der Waals surface area contributed by atoms with Crippen molar-refractivity contribution in [3.63, 3.8) is 0 Å². The summed E-state index contributed by atoms with van der Waals surface area (Å²) < 4.78 is 61.5. The zero-order valence-electron chi connectivity index (χ0n) is 84.7. The van der Waals surface area contributed by atoms with Gasteiger partial charge in [-0.3, -0.25) is 23.4 Å². The number of pyridine rings is 3. The number of aliphatic hydroxyl groups is 1. The molecule has 0 saturated heterocycles. The second-order valence-electron chi connectivity index (χ2n) is 33.4. The number of aromatic nitrogens is 15. The molecule has 8 aromatic carbocycles. The number of imidazole rings is 4. The quantitative estimate of drug-likeness (QED) is 0.0748. The normalized spacial score (nSPS) is 10.2. The van der Waals surface area contributed by atoms with Crippen molar-refractivity contribution in [2.24, 2.45) is 49.3 Å². The third-order valence-electron chi connectivity index (χ3n) is 22.7. The van der Waals surface area contributed by atoms with Gasteiger partial charge < -0.3 is 85.9 Å². The topological polar surface area (TPSA) is 205 Å². The first kappa shape index (κ1) is 118. The Kier molecular flexibility index (Phi) is 45.7. The van der Waals surface area contributed by atoms with E-state index in [2.05, 4.69) is 188 Å². The van der Waals surface area contributed by atoms with Crippen LogP contribution in [0.2, 0.25) is 0 Å². The molecule has 0 aliphatic heterocycles. The fourth-order valence-corrected chi connectivity index (χ4v) is 17.3. The first-order valence-corrected chi connectivity index (χ1v) is 47.3. The number of aliphatic hydroxyl groups excluding tert-OH is 1. The van der Waals surface area contributed by atoms with Crippen LogP contribution in [0.3, 0.4) is 0 Å². The Morgan fingerprint density at radius 1 is 0.453 bits per heavy atom. The summed E-state index contributed by atoms with van der Waals surface area (Å²) in [4.78, 5) is 37.9. The monoisotopic (exact) mass is 2900 g/mol. The van der Waals surface area contributed by atoms with E-state index in [1.54, 1.807) is 85.6 Å². The van der Waals surface area contributed by atoms with Gasteiger partial charge in [-0.25, -0.2) is 27.8 Å². The van der Waals surface area contributed by atoms with Crippen molar-refractivity contribution >= 4 is 34.0 Å². The Labute approximate surface area is 940 Å². The molecule has 21 aromatic rings. The molecule has 0 aliphatic rings. The summed E-state index contributed by atoms with van der Waals surface area (Å²) in [5.74, 6) is 4.42. The molecule has 13 aromatic heterocycles. The molecule has 0 bridgehead atoms. The Bertz CT molecular complexity index is 7610. The Morgan fingerprint density at radius 2 is 1.06 bits per heavy atom. The van der Waals surface area contributed by atoms with Crippen LogP contribution in [0.15, 0.2) is 321 Å². The number of ether oxygens (including phenoxy) is 3. The van der Waals surface area contributed by atoms with Crippen LogP contribution in [-0.2, 0) is 156 Å². The second kappa shape index (κ2) is 57.2. The van der Waals surface area contributed by atoms with Crippen molar-refractivity contribution in [1.82, 2.24) is 72.1 Å². The van der Waals surface area contributed by atoms with Crippen molar-refractivity contribution in [3.8, 4) is 162 Å². The average molecular weight is 2900 g/mol. The first-order chi connectivity index (χ1) is 69.3. The van der Waals surface area contributed by atoms with Gasteiger partial charge in [-0.2, -0.15) is 18.2 Å². The molecule has 31 heteroatoms. The number of hydrogen-bond donors (Lipinski definition) is 1. The fraction of sp³-hybridized carbons (Fsp3) is 0.162. The van der Waals surface area contributed by atoms with Crippen LogP contribution in [-0.4, -0.2) is 127 Å². The number of benzene rings is 8. The number of methoxy groups -OCH3 is 3. The van der Waals surface area contributed by atoms with E-state index in [9.17, 15) is 13.9 Å². The maximum atomic E-state index is 13.5. The summed E-state index contributed by atoms with van der Waals surface area (Å²) in [6, 6.07) is 91.1. The molecule has 0 atom stereocenters. The SMILES string of the molecule is CN(C)c1ccnc(-c2[c-]cc(F)cc2F)c1.COc1c[c-]c(-c2cc(N(C)C)ccn2)c(OC)c1.COc1cccc(CO)c1-c1cc(-c2nn(C)cc2C)[c-]n1C.Cc1[c-]c(-c2cn(C)cn2)c(-c2ccccc2)s1.Cc1cccc(C)c1-c1cnc(-c2[c-]n(C)cc2)n1C.Cn1ccnc1-c1[c-]csc1-c1ccccc1.Cn1ccnc1-c1[c-]oc(-c2ccccc2)c1.[Ir].[Ir].[Ir].[Ir].[Ir].[c-]1ccccc1-c1ccccn1. The summed E-state index contributed by atoms with van der Waals surface area (Å²) in [6.07, 6.45) is 31.8. The summed E-state index contributed by atoms with van der Waals surface area (Å²) in [5, 5.41) is 16.2. The third kappa shape index (κ3) is 30.4. The predicted octanol–water partition coefficient (Wildman–Crippen LogP) is 25.0. The molecule has 0 spiro atoms. The third-order valence-corrected chi connectivity index (χ3v) is 24.7. The van der Waals surface area contributed by atoms with Gasteiger partial charge in [-0.05, 0) is 135 Å². The molecular weight excluding hydrogens is 2790 g/mol. The maximum absolute atomic E-state index is 13.5. The standard InChI is InChI=1S/C18H20N3O2.C17H18N3.C15H17N2O2.C15H13N2S.C14H11N2O.C14H11N2S.C13H11F2N2.C11H8N.5Ir/c1-12-9-21(3)19-18(12)14-8-15(20(2)10-14)17-13(11-22)6-5-7-16(17)23-4;1-12-6-5-7-13(2)16(12)15-10-18-17(20(15)4)14-8-9-19(3)11-14;1-17(2)11-7-8-16-14(9-11)13-6-5-12(18-3)10-15(13)19-4;1-11-8-13(14-9-17(2)10-16-14)15(18-11)12-6-4-3-5-7-12;1-16-8-7-15-14(16)12-9-13(17-10-12)11-5-3-2-4-6-11;1-16-9-8-15-14(16)12-7-10-17-13(12)11-5-3-2-4-6-11;1-17(2)10-5-6-16-13(8-10)11-4-3-9(14)7-12(11)15;1-2-6-10(7-3-1)11-8-4-5-9-12-11;;;;;/h5-9,22H,11H2,1-4H3;5-10H,1-4H3;5,7-10H,1-4H3;3-7,9-10H,1-2H3;2-9H,1H3;2-6,8-10H,1H3;3,5-8H,1-2H3;1-6,8-9H;;;;;/q8*-1;;;;;. The van der Waals surface area contributed by atoms with E-state index >= 15 is 0 Å². The molecule has 21 rings (SSSR count). The Balaban J connectivity index is 0.000000188. The van der Waals surface area contributed by atoms with Gasteiger partial charge in [-0.1, -0.05) is 229 Å². The van der Waals surface area contributed by atoms with Crippen LogP contribution in [0.25, 0.3) is 145 Å². The number of anilines is 2. The molecule has 771 valence electrons. The van der Waals surface area contributed by atoms with Gasteiger partial charge >= 0.3 is 0 Å². The molecule has 148 heavy (non-hydrogen) atoms. The van der Waals surface area contributed by atoms with Gasteiger partial charge in [0.2, 0.25) is 0 Å². The summed E-state index contributed by atoms with van der Waals surface area (Å²) >= 11 is 3.47. The van der Waals surface area contributed by atoms with Crippen molar-refractivity contribution in [1.29, 1.82) is 0 Å². The Hall–Kier alpha value is -13.4. The van der Waals surface area contributed by atoms with E-state index < -0.39 is 11.6 Å². The molecule has 13 heterocycles. The van der Waals surface area contributed by atoms with Crippen LogP contribution in [0.1, 0.15) is 27.1 Å². The van der Waals surface area contributed by atoms with Gasteiger partial charge in [0.15, 0.2) is 0 Å². The molecule has 0 fully saturated rings. The minimum atomic E-state index is -0.659.